The third-order valence-corrected chi connectivity index (χ3v) is 5.62. The van der Waals surface area contributed by atoms with Crippen molar-refractivity contribution in [1.82, 2.24) is 4.72 Å². The quantitative estimate of drug-likeness (QED) is 0.871. The molecule has 2 N–H and O–H groups in total. The van der Waals surface area contributed by atoms with E-state index in [4.69, 9.17) is 5.26 Å². The van der Waals surface area contributed by atoms with Gasteiger partial charge in [-0.05, 0) is 31.2 Å². The molecule has 0 saturated carbocycles. The second kappa shape index (κ2) is 6.70. The van der Waals surface area contributed by atoms with Gasteiger partial charge in [-0.15, -0.1) is 11.3 Å². The van der Waals surface area contributed by atoms with Crippen LogP contribution in [0.2, 0.25) is 0 Å². The number of thiophene rings is 1. The van der Waals surface area contributed by atoms with Gasteiger partial charge in [-0.3, -0.25) is 4.79 Å². The number of nitrogens with one attached hydrogen (secondary N) is 2. The minimum absolute atomic E-state index is 0.162. The monoisotopic (exact) mass is 335 g/mol. The van der Waals surface area contributed by atoms with Gasteiger partial charge >= 0.3 is 0 Å². The fraction of sp³-hybridized carbons (Fsp3) is 0.143. The molecule has 0 bridgehead atoms. The van der Waals surface area contributed by atoms with Crippen LogP contribution in [-0.4, -0.2) is 20.9 Å². The summed E-state index contributed by atoms with van der Waals surface area (Å²) in [7, 11) is -3.70. The molecule has 0 radical (unpaired) electrons. The molecule has 22 heavy (non-hydrogen) atoms. The lowest BCUT2D eigenvalue weighted by Crippen LogP contribution is -2.32. The fourth-order valence-corrected chi connectivity index (χ4v) is 3.98. The van der Waals surface area contributed by atoms with E-state index in [0.717, 1.165) is 16.2 Å². The first-order chi connectivity index (χ1) is 10.4. The topological polar surface area (TPSA) is 99.1 Å². The molecule has 8 heteroatoms. The smallest absolute Gasteiger partial charge is 0.250 e. The minimum Gasteiger partial charge on any atom is -0.324 e. The maximum atomic E-state index is 12.0. The molecule has 0 unspecified atom stereocenters. The predicted octanol–water partition coefficient (Wildman–Crippen LogP) is 1.85. The summed E-state index contributed by atoms with van der Waals surface area (Å²) in [6.45, 7) is 1.40. The molecular weight excluding hydrogens is 322 g/mol. The number of benzene rings is 1. The summed E-state index contributed by atoms with van der Waals surface area (Å²) in [6, 6.07) is 11.6. The highest BCUT2D eigenvalue weighted by Gasteiger charge is 2.17. The van der Waals surface area contributed by atoms with E-state index >= 15 is 0 Å². The Morgan fingerprint density at radius 2 is 2.00 bits per heavy atom. The third-order valence-electron chi connectivity index (χ3n) is 2.72. The van der Waals surface area contributed by atoms with Crippen molar-refractivity contribution in [3.05, 3.63) is 46.8 Å². The number of hydrogen-bond donors (Lipinski definition) is 2. The number of rotatable bonds is 5. The maximum absolute atomic E-state index is 12.0. The number of sulfonamides is 1. The van der Waals surface area contributed by atoms with Gasteiger partial charge in [0.25, 0.3) is 10.0 Å². The number of nitrogens with zero attached hydrogens (tertiary/aromatic N) is 1. The largest absolute Gasteiger partial charge is 0.324 e. The second-order valence-corrected chi connectivity index (χ2v) is 7.68. The highest BCUT2D eigenvalue weighted by Crippen LogP contribution is 2.20. The number of carbonyl (C=O) groups excluding carboxylic acids is 1. The number of anilines is 1. The van der Waals surface area contributed by atoms with E-state index in [-0.39, 0.29) is 4.21 Å². The van der Waals surface area contributed by atoms with Gasteiger partial charge < -0.3 is 5.32 Å². The molecule has 0 spiro atoms. The first kappa shape index (κ1) is 16.2. The van der Waals surface area contributed by atoms with Gasteiger partial charge in [0.2, 0.25) is 5.91 Å². The Morgan fingerprint density at radius 3 is 2.64 bits per heavy atom. The van der Waals surface area contributed by atoms with E-state index in [2.05, 4.69) is 10.0 Å². The lowest BCUT2D eigenvalue weighted by Gasteiger charge is -2.07. The number of carbonyl (C=O) groups is 1. The molecule has 1 amide bonds. The second-order valence-electron chi connectivity index (χ2n) is 4.40. The Labute approximate surface area is 132 Å². The van der Waals surface area contributed by atoms with Crippen molar-refractivity contribution in [1.29, 1.82) is 5.26 Å². The van der Waals surface area contributed by atoms with Crippen LogP contribution in [0.15, 0.2) is 40.6 Å². The van der Waals surface area contributed by atoms with Gasteiger partial charge in [-0.2, -0.15) is 5.26 Å². The van der Waals surface area contributed by atoms with Crippen LogP contribution < -0.4 is 10.0 Å². The highest BCUT2D eigenvalue weighted by molar-refractivity contribution is 7.91. The lowest BCUT2D eigenvalue weighted by atomic mass is 10.2. The summed E-state index contributed by atoms with van der Waals surface area (Å²) < 4.78 is 26.4. The molecule has 0 saturated heterocycles. The number of hydrogen-bond acceptors (Lipinski definition) is 5. The highest BCUT2D eigenvalue weighted by atomic mass is 32.2. The molecule has 0 aliphatic heterocycles. The Hall–Kier alpha value is -2.21. The molecule has 114 valence electrons. The molecule has 1 aromatic heterocycles. The zero-order chi connectivity index (χ0) is 16.2. The summed E-state index contributed by atoms with van der Waals surface area (Å²) >= 11 is 1.13. The maximum Gasteiger partial charge on any atom is 0.250 e. The van der Waals surface area contributed by atoms with Crippen LogP contribution in [0, 0.1) is 18.3 Å². The Kier molecular flexibility index (Phi) is 4.92. The van der Waals surface area contributed by atoms with Gasteiger partial charge in [-0.1, -0.05) is 12.1 Å². The van der Waals surface area contributed by atoms with E-state index in [1.165, 1.54) is 6.07 Å². The zero-order valence-corrected chi connectivity index (χ0v) is 13.3. The van der Waals surface area contributed by atoms with Crippen molar-refractivity contribution in [3.63, 3.8) is 0 Å². The van der Waals surface area contributed by atoms with Crippen molar-refractivity contribution in [2.24, 2.45) is 0 Å². The van der Waals surface area contributed by atoms with Crippen molar-refractivity contribution < 1.29 is 13.2 Å². The number of aryl methyl sites for hydroxylation is 1. The number of nitriles is 1. The first-order valence-corrected chi connectivity index (χ1v) is 8.57. The molecule has 6 nitrogen and oxygen atoms in total. The summed E-state index contributed by atoms with van der Waals surface area (Å²) in [5, 5.41) is 11.4. The van der Waals surface area contributed by atoms with Crippen molar-refractivity contribution in [2.75, 3.05) is 11.9 Å². The average molecular weight is 335 g/mol. The van der Waals surface area contributed by atoms with Crippen LogP contribution >= 0.6 is 11.3 Å². The van der Waals surface area contributed by atoms with Crippen LogP contribution in [-0.2, 0) is 14.8 Å². The Bertz CT molecular complexity index is 835. The van der Waals surface area contributed by atoms with Gasteiger partial charge in [-0.25, -0.2) is 13.1 Å². The molecule has 1 aromatic carbocycles. The molecule has 2 rings (SSSR count). The molecule has 0 aliphatic carbocycles. The molecule has 0 aliphatic rings. The fourth-order valence-electron chi connectivity index (χ4n) is 1.67. The van der Waals surface area contributed by atoms with Crippen LogP contribution in [0.1, 0.15) is 10.4 Å². The number of para-hydroxylation sites is 1. The van der Waals surface area contributed by atoms with E-state index in [1.807, 2.05) is 6.07 Å². The summed E-state index contributed by atoms with van der Waals surface area (Å²) in [5.74, 6) is -0.542. The van der Waals surface area contributed by atoms with Crippen LogP contribution in [0.5, 0.6) is 0 Å². The Balaban J connectivity index is 2.00. The summed E-state index contributed by atoms with van der Waals surface area (Å²) in [4.78, 5) is 12.7. The van der Waals surface area contributed by atoms with Crippen molar-refractivity contribution >= 4 is 33.0 Å². The molecule has 2 aromatic rings. The molecular formula is C14H13N3O3S2. The van der Waals surface area contributed by atoms with Gasteiger partial charge in [0.05, 0.1) is 17.8 Å². The van der Waals surface area contributed by atoms with Crippen molar-refractivity contribution in [2.45, 2.75) is 11.1 Å². The minimum atomic E-state index is -3.70. The van der Waals surface area contributed by atoms with E-state index in [9.17, 15) is 13.2 Å². The lowest BCUT2D eigenvalue weighted by molar-refractivity contribution is -0.115. The van der Waals surface area contributed by atoms with Crippen LogP contribution in [0.4, 0.5) is 5.69 Å². The normalized spacial score (nSPS) is 10.9. The van der Waals surface area contributed by atoms with Gasteiger partial charge in [0, 0.05) is 4.88 Å². The summed E-state index contributed by atoms with van der Waals surface area (Å²) in [6.07, 6.45) is 0. The SMILES string of the molecule is Cc1ccc(S(=O)(=O)NCC(=O)Nc2ccccc2C#N)s1. The Morgan fingerprint density at radius 1 is 1.27 bits per heavy atom. The first-order valence-electron chi connectivity index (χ1n) is 6.27. The average Bonchev–Trinajstić information content (AvgIpc) is 2.93. The molecule has 1 heterocycles. The van der Waals surface area contributed by atoms with Gasteiger partial charge in [0.1, 0.15) is 10.3 Å². The number of amides is 1. The van der Waals surface area contributed by atoms with E-state index in [0.29, 0.717) is 11.3 Å². The van der Waals surface area contributed by atoms with Gasteiger partial charge in [0.15, 0.2) is 0 Å². The predicted molar refractivity (Wildman–Crippen MR) is 84.0 cm³/mol. The standard InChI is InChI=1S/C14H13N3O3S2/c1-10-6-7-14(21-10)22(19,20)16-9-13(18)17-12-5-3-2-4-11(12)8-15/h2-7,16H,9H2,1H3,(H,17,18). The molecule has 0 atom stereocenters. The van der Waals surface area contributed by atoms with E-state index < -0.39 is 22.5 Å². The van der Waals surface area contributed by atoms with Crippen LogP contribution in [0.25, 0.3) is 0 Å². The van der Waals surface area contributed by atoms with E-state index in [1.54, 1.807) is 37.3 Å². The zero-order valence-electron chi connectivity index (χ0n) is 11.7. The molecule has 0 fully saturated rings. The van der Waals surface area contributed by atoms with Crippen LogP contribution in [0.3, 0.4) is 0 Å². The third kappa shape index (κ3) is 3.92. The van der Waals surface area contributed by atoms with Crippen molar-refractivity contribution in [3.8, 4) is 6.07 Å². The summed E-state index contributed by atoms with van der Waals surface area (Å²) in [5.41, 5.74) is 0.661.